The summed E-state index contributed by atoms with van der Waals surface area (Å²) in [4.78, 5) is 11.6. The minimum atomic E-state index is -0.743. The fraction of sp³-hybridized carbons (Fsp3) is 0.897. The highest BCUT2D eigenvalue weighted by Gasteiger charge is 2.61. The fourth-order valence-electron chi connectivity index (χ4n) is 9.35. The molecule has 9 atom stereocenters. The monoisotopic (exact) mass is 475 g/mol. The molecule has 3 saturated carbocycles. The van der Waals surface area contributed by atoms with Gasteiger partial charge in [-0.05, 0) is 90.4 Å². The first-order chi connectivity index (χ1) is 16.0. The molecule has 2 N–H and O–H groups in total. The Kier molecular flexibility index (Phi) is 7.59. The van der Waals surface area contributed by atoms with Crippen LogP contribution in [0.4, 0.5) is 0 Å². The number of carbonyl (C=O) groups excluding carboxylic acids is 1. The average molecular weight is 476 g/mol. The predicted molar refractivity (Wildman–Crippen MR) is 134 cm³/mol. The molecule has 0 heterocycles. The van der Waals surface area contributed by atoms with Crippen LogP contribution >= 0.6 is 0 Å². The molecule has 0 aromatic heterocycles. The van der Waals surface area contributed by atoms with Gasteiger partial charge >= 0.3 is 5.97 Å². The van der Waals surface area contributed by atoms with Gasteiger partial charge in [-0.1, -0.05) is 53.9 Å². The third-order valence-electron chi connectivity index (χ3n) is 11.0. The number of hydroxylamine groups is 2. The zero-order chi connectivity index (χ0) is 24.8. The molecule has 5 heteroatoms. The van der Waals surface area contributed by atoms with E-state index < -0.39 is 5.23 Å². The van der Waals surface area contributed by atoms with E-state index in [4.69, 9.17) is 4.74 Å². The highest BCUT2D eigenvalue weighted by atomic mass is 16.8. The lowest BCUT2D eigenvalue weighted by molar-refractivity contribution is -1.02. The molecule has 5 nitrogen and oxygen atoms in total. The second kappa shape index (κ2) is 9.86. The highest BCUT2D eigenvalue weighted by Crippen LogP contribution is 2.68. The average Bonchev–Trinajstić information content (AvgIpc) is 3.10. The number of allylic oxidation sites excluding steroid dienone is 1. The van der Waals surface area contributed by atoms with E-state index in [1.54, 1.807) is 0 Å². The summed E-state index contributed by atoms with van der Waals surface area (Å²) in [5.41, 5.74) is 2.04. The maximum atomic E-state index is 12.5. The highest BCUT2D eigenvalue weighted by molar-refractivity contribution is 5.66. The number of hydrogen-bond donors (Lipinski definition) is 2. The lowest BCUT2D eigenvalue weighted by atomic mass is 9.46. The van der Waals surface area contributed by atoms with E-state index in [1.807, 2.05) is 0 Å². The molecule has 9 unspecified atom stereocenters. The number of carbonyl (C=O) groups is 1. The molecule has 0 aromatic rings. The Hall–Kier alpha value is -0.910. The van der Waals surface area contributed by atoms with Crippen molar-refractivity contribution < 1.29 is 20.0 Å². The van der Waals surface area contributed by atoms with E-state index in [9.17, 15) is 15.2 Å². The van der Waals surface area contributed by atoms with Gasteiger partial charge in [0.1, 0.15) is 11.8 Å². The van der Waals surface area contributed by atoms with Gasteiger partial charge in [-0.25, -0.2) is 5.21 Å². The summed E-state index contributed by atoms with van der Waals surface area (Å²) in [6.07, 6.45) is 12.0. The molecule has 0 spiro atoms. The third-order valence-corrected chi connectivity index (χ3v) is 11.0. The normalized spacial score (nSPS) is 41.5. The zero-order valence-corrected chi connectivity index (χ0v) is 22.5. The van der Waals surface area contributed by atoms with Crippen molar-refractivity contribution in [3.05, 3.63) is 16.5 Å². The van der Waals surface area contributed by atoms with Crippen molar-refractivity contribution in [3.63, 3.8) is 0 Å². The molecule has 0 aliphatic heterocycles. The van der Waals surface area contributed by atoms with Crippen molar-refractivity contribution >= 4 is 5.97 Å². The van der Waals surface area contributed by atoms with Gasteiger partial charge in [0.2, 0.25) is 0 Å². The Morgan fingerprint density at radius 3 is 2.47 bits per heavy atom. The van der Waals surface area contributed by atoms with Crippen molar-refractivity contribution in [1.29, 1.82) is 0 Å². The minimum Gasteiger partial charge on any atom is -0.595 e. The third kappa shape index (κ3) is 4.62. The van der Waals surface area contributed by atoms with Gasteiger partial charge in [0.05, 0.1) is 0 Å². The minimum absolute atomic E-state index is 0.0599. The van der Waals surface area contributed by atoms with Crippen molar-refractivity contribution in [3.8, 4) is 0 Å². The van der Waals surface area contributed by atoms with Gasteiger partial charge in [-0.2, -0.15) is 5.23 Å². The van der Waals surface area contributed by atoms with Crippen LogP contribution in [0.3, 0.4) is 0 Å². The number of ether oxygens (including phenoxy) is 1. The van der Waals surface area contributed by atoms with Gasteiger partial charge < -0.3 is 9.94 Å². The first-order valence-corrected chi connectivity index (χ1v) is 14.1. The van der Waals surface area contributed by atoms with Gasteiger partial charge in [0.25, 0.3) is 0 Å². The summed E-state index contributed by atoms with van der Waals surface area (Å²) in [7, 11) is 0. The Labute approximate surface area is 207 Å². The Bertz CT molecular complexity index is 791. The van der Waals surface area contributed by atoms with Crippen LogP contribution in [0.1, 0.15) is 112 Å². The van der Waals surface area contributed by atoms with E-state index >= 15 is 0 Å². The van der Waals surface area contributed by atoms with E-state index in [1.165, 1.54) is 51.9 Å². The molecule has 0 amide bonds. The summed E-state index contributed by atoms with van der Waals surface area (Å²) in [5, 5.41) is 22.0. The molecule has 4 rings (SSSR count). The van der Waals surface area contributed by atoms with Crippen LogP contribution in [-0.2, 0) is 9.53 Å². The zero-order valence-electron chi connectivity index (χ0n) is 22.5. The van der Waals surface area contributed by atoms with Crippen LogP contribution in [0, 0.1) is 51.5 Å². The summed E-state index contributed by atoms with van der Waals surface area (Å²) < 4.78 is 5.56. The lowest BCUT2D eigenvalue weighted by Crippen LogP contribution is -3.03. The van der Waals surface area contributed by atoms with Gasteiger partial charge in [0, 0.05) is 19.8 Å². The molecule has 0 saturated heterocycles. The number of quaternary nitrogens is 1. The van der Waals surface area contributed by atoms with Gasteiger partial charge in [-0.15, -0.1) is 0 Å². The van der Waals surface area contributed by atoms with Crippen LogP contribution in [-0.4, -0.2) is 17.3 Å². The van der Waals surface area contributed by atoms with E-state index in [2.05, 4.69) is 34.6 Å². The quantitative estimate of drug-likeness (QED) is 0.347. The van der Waals surface area contributed by atoms with Crippen molar-refractivity contribution in [2.24, 2.45) is 46.3 Å². The maximum Gasteiger partial charge on any atom is 0.302 e. The Morgan fingerprint density at radius 1 is 1.09 bits per heavy atom. The summed E-state index contributed by atoms with van der Waals surface area (Å²) in [6, 6.07) is 0. The molecular formula is C29H49NO4. The SMILES string of the molecule is CC(=O)OC1CCC2(C)C(=C([NH+]([O-])O)CC3C2CCC2(C)C(C(C)CCCC(C)C)CCC32)C1. The van der Waals surface area contributed by atoms with Gasteiger partial charge in [-0.3, -0.25) is 4.79 Å². The number of rotatable bonds is 7. The lowest BCUT2D eigenvalue weighted by Gasteiger charge is -2.59. The second-order valence-corrected chi connectivity index (χ2v) is 13.3. The molecule has 0 bridgehead atoms. The van der Waals surface area contributed by atoms with E-state index in [0.29, 0.717) is 41.7 Å². The largest absolute Gasteiger partial charge is 0.595 e. The standard InChI is InChI=1S/C29H49NO4/c1-18(2)8-7-9-19(3)23-10-11-24-22-17-27(30(32)33)26-16-21(34-20(4)31)12-14-29(26,6)25(22)13-15-28(23,24)5/h18-19,21-25,30,32H,7-17H2,1-6H3. The molecule has 4 aliphatic carbocycles. The van der Waals surface area contributed by atoms with E-state index in [-0.39, 0.29) is 17.5 Å². The number of hydrogen-bond acceptors (Lipinski definition) is 4. The van der Waals surface area contributed by atoms with Crippen LogP contribution in [0.5, 0.6) is 0 Å². The maximum absolute atomic E-state index is 12.5. The van der Waals surface area contributed by atoms with Crippen LogP contribution < -0.4 is 5.23 Å². The molecule has 194 valence electrons. The van der Waals surface area contributed by atoms with Crippen LogP contribution in [0.15, 0.2) is 11.3 Å². The first-order valence-electron chi connectivity index (χ1n) is 14.1. The number of esters is 1. The molecule has 34 heavy (non-hydrogen) atoms. The fourth-order valence-corrected chi connectivity index (χ4v) is 9.35. The Balaban J connectivity index is 1.57. The summed E-state index contributed by atoms with van der Waals surface area (Å²) in [6.45, 7) is 13.5. The molecule has 0 aromatic carbocycles. The smallest absolute Gasteiger partial charge is 0.302 e. The molecule has 3 fully saturated rings. The van der Waals surface area contributed by atoms with Gasteiger partial charge in [0.15, 0.2) is 0 Å². The topological polar surface area (TPSA) is 74.0 Å². The van der Waals surface area contributed by atoms with Crippen molar-refractivity contribution in [2.75, 3.05) is 0 Å². The number of fused-ring (bicyclic) bond motifs is 5. The molecule has 4 aliphatic rings. The predicted octanol–water partition coefficient (Wildman–Crippen LogP) is 6.06. The molecular weight excluding hydrogens is 426 g/mol. The second-order valence-electron chi connectivity index (χ2n) is 13.3. The number of nitrogens with one attached hydrogen (secondary N) is 1. The van der Waals surface area contributed by atoms with Crippen molar-refractivity contribution in [1.82, 2.24) is 0 Å². The summed E-state index contributed by atoms with van der Waals surface area (Å²) >= 11 is 0. The molecule has 0 radical (unpaired) electrons. The first kappa shape index (κ1) is 26.2. The van der Waals surface area contributed by atoms with Crippen molar-refractivity contribution in [2.45, 2.75) is 118 Å². The Morgan fingerprint density at radius 2 is 1.82 bits per heavy atom. The van der Waals surface area contributed by atoms with Crippen LogP contribution in [0.2, 0.25) is 0 Å². The summed E-state index contributed by atoms with van der Waals surface area (Å²) in [5.74, 6) is 3.75. The van der Waals surface area contributed by atoms with Crippen LogP contribution in [0.25, 0.3) is 0 Å². The van der Waals surface area contributed by atoms with E-state index in [0.717, 1.165) is 36.2 Å².